The summed E-state index contributed by atoms with van der Waals surface area (Å²) in [7, 11) is 0. The Hall–Kier alpha value is -0.140. The van der Waals surface area contributed by atoms with E-state index in [9.17, 15) is 8.78 Å². The fourth-order valence-electron chi connectivity index (χ4n) is 1.82. The number of hydrogen-bond donors (Lipinski definition) is 2. The molecule has 1 aliphatic heterocycles. The third-order valence-corrected chi connectivity index (χ3v) is 2.63. The van der Waals surface area contributed by atoms with Gasteiger partial charge in [0.05, 0.1) is 0 Å². The molecule has 0 unspecified atom stereocenters. The minimum absolute atomic E-state index is 0. The molecule has 6 heteroatoms. The van der Waals surface area contributed by atoms with Crippen LogP contribution in [0.25, 0.3) is 0 Å². The van der Waals surface area contributed by atoms with Crippen molar-refractivity contribution in [3.05, 3.63) is 0 Å². The summed E-state index contributed by atoms with van der Waals surface area (Å²) >= 11 is 0. The highest BCUT2D eigenvalue weighted by Crippen LogP contribution is 2.41. The lowest BCUT2D eigenvalue weighted by Gasteiger charge is -2.35. The van der Waals surface area contributed by atoms with Gasteiger partial charge in [0, 0.05) is 32.5 Å². The standard InChI is InChI=1S/C9H15F2N3.HI/c10-9(11)4-7(5-9)6-14-8-12-2-1-3-13-8;/h7H,1-6H2,(H2,12,13,14);1H. The Labute approximate surface area is 105 Å². The number of nitrogens with zero attached hydrogens (tertiary/aromatic N) is 1. The SMILES string of the molecule is FC1(F)CC(CNC2=NCCCN2)C1.I. The molecule has 1 fully saturated rings. The van der Waals surface area contributed by atoms with Gasteiger partial charge in [-0.05, 0) is 12.3 Å². The molecule has 2 rings (SSSR count). The molecule has 0 radical (unpaired) electrons. The van der Waals surface area contributed by atoms with Crippen molar-refractivity contribution < 1.29 is 8.78 Å². The number of halogens is 3. The normalized spacial score (nSPS) is 24.3. The molecule has 1 heterocycles. The molecular formula is C9H16F2IN3. The van der Waals surface area contributed by atoms with Crippen LogP contribution in [-0.4, -0.2) is 31.5 Å². The molecule has 0 amide bonds. The quantitative estimate of drug-likeness (QED) is 0.754. The maximum Gasteiger partial charge on any atom is 0.248 e. The van der Waals surface area contributed by atoms with Gasteiger partial charge in [0.2, 0.25) is 5.92 Å². The van der Waals surface area contributed by atoms with Gasteiger partial charge in [0.15, 0.2) is 5.96 Å². The van der Waals surface area contributed by atoms with Crippen molar-refractivity contribution >= 4 is 29.9 Å². The molecule has 0 saturated heterocycles. The summed E-state index contributed by atoms with van der Waals surface area (Å²) in [5.74, 6) is -1.53. The summed E-state index contributed by atoms with van der Waals surface area (Å²) in [4.78, 5) is 4.20. The van der Waals surface area contributed by atoms with Gasteiger partial charge in [0.25, 0.3) is 0 Å². The van der Waals surface area contributed by atoms with Crippen molar-refractivity contribution in [2.24, 2.45) is 10.9 Å². The van der Waals surface area contributed by atoms with Crippen molar-refractivity contribution in [1.82, 2.24) is 10.6 Å². The predicted octanol–water partition coefficient (Wildman–Crippen LogP) is 1.59. The first-order chi connectivity index (χ1) is 6.66. The average Bonchev–Trinajstić information content (AvgIpc) is 2.13. The molecular weight excluding hydrogens is 315 g/mol. The van der Waals surface area contributed by atoms with Crippen LogP contribution < -0.4 is 10.6 Å². The van der Waals surface area contributed by atoms with Crippen LogP contribution in [0.15, 0.2) is 4.99 Å². The van der Waals surface area contributed by atoms with E-state index < -0.39 is 5.92 Å². The summed E-state index contributed by atoms with van der Waals surface area (Å²) in [5, 5.41) is 6.16. The minimum atomic E-state index is -2.41. The van der Waals surface area contributed by atoms with Crippen LogP contribution in [0.1, 0.15) is 19.3 Å². The highest BCUT2D eigenvalue weighted by molar-refractivity contribution is 14.0. The molecule has 0 spiro atoms. The second-order valence-corrected chi connectivity index (χ2v) is 4.02. The molecule has 2 N–H and O–H groups in total. The topological polar surface area (TPSA) is 36.4 Å². The lowest BCUT2D eigenvalue weighted by Crippen LogP contribution is -2.47. The zero-order valence-electron chi connectivity index (χ0n) is 8.43. The first-order valence-electron chi connectivity index (χ1n) is 5.06. The largest absolute Gasteiger partial charge is 0.356 e. The van der Waals surface area contributed by atoms with E-state index in [-0.39, 0.29) is 42.7 Å². The summed E-state index contributed by atoms with van der Waals surface area (Å²) in [6.45, 7) is 2.37. The molecule has 15 heavy (non-hydrogen) atoms. The van der Waals surface area contributed by atoms with Crippen LogP contribution in [-0.2, 0) is 0 Å². The van der Waals surface area contributed by atoms with Gasteiger partial charge in [-0.1, -0.05) is 0 Å². The van der Waals surface area contributed by atoms with E-state index in [2.05, 4.69) is 15.6 Å². The van der Waals surface area contributed by atoms with Crippen LogP contribution in [0.4, 0.5) is 8.78 Å². The van der Waals surface area contributed by atoms with Gasteiger partial charge in [0.1, 0.15) is 0 Å². The second kappa shape index (κ2) is 5.27. The Balaban J connectivity index is 0.00000112. The Kier molecular flexibility index (Phi) is 4.54. The zero-order chi connectivity index (χ0) is 10.0. The van der Waals surface area contributed by atoms with Crippen LogP contribution in [0.5, 0.6) is 0 Å². The Morgan fingerprint density at radius 1 is 1.47 bits per heavy atom. The van der Waals surface area contributed by atoms with E-state index in [1.54, 1.807) is 0 Å². The third-order valence-electron chi connectivity index (χ3n) is 2.63. The summed E-state index contributed by atoms with van der Waals surface area (Å²) in [6.07, 6.45) is 1.09. The Bertz CT molecular complexity index is 238. The van der Waals surface area contributed by atoms with Crippen LogP contribution in [0.2, 0.25) is 0 Å². The first-order valence-corrected chi connectivity index (χ1v) is 5.06. The molecule has 0 bridgehead atoms. The highest BCUT2D eigenvalue weighted by atomic mass is 127. The van der Waals surface area contributed by atoms with E-state index >= 15 is 0 Å². The van der Waals surface area contributed by atoms with E-state index in [4.69, 9.17) is 0 Å². The van der Waals surface area contributed by atoms with Crippen molar-refractivity contribution in [2.75, 3.05) is 19.6 Å². The fourth-order valence-corrected chi connectivity index (χ4v) is 1.82. The lowest BCUT2D eigenvalue weighted by molar-refractivity contribution is -0.108. The van der Waals surface area contributed by atoms with Crippen LogP contribution in [0, 0.1) is 5.92 Å². The van der Waals surface area contributed by atoms with Crippen molar-refractivity contribution in [2.45, 2.75) is 25.2 Å². The number of hydrogen-bond acceptors (Lipinski definition) is 3. The summed E-state index contributed by atoms with van der Waals surface area (Å²) < 4.78 is 25.0. The molecule has 2 aliphatic rings. The van der Waals surface area contributed by atoms with Crippen molar-refractivity contribution in [3.8, 4) is 0 Å². The van der Waals surface area contributed by atoms with Crippen molar-refractivity contribution in [1.29, 1.82) is 0 Å². The first kappa shape index (κ1) is 12.9. The molecule has 0 aromatic heterocycles. The van der Waals surface area contributed by atoms with Gasteiger partial charge in [-0.25, -0.2) is 8.78 Å². The van der Waals surface area contributed by atoms with Gasteiger partial charge < -0.3 is 10.6 Å². The second-order valence-electron chi connectivity index (χ2n) is 4.02. The number of aliphatic imine (C=N–C) groups is 1. The summed E-state index contributed by atoms with van der Waals surface area (Å²) in [6, 6.07) is 0. The number of rotatable bonds is 2. The maximum absolute atomic E-state index is 12.5. The van der Waals surface area contributed by atoms with E-state index in [0.717, 1.165) is 25.5 Å². The molecule has 0 aromatic rings. The minimum Gasteiger partial charge on any atom is -0.356 e. The monoisotopic (exact) mass is 331 g/mol. The Morgan fingerprint density at radius 3 is 2.73 bits per heavy atom. The zero-order valence-corrected chi connectivity index (χ0v) is 10.8. The molecule has 3 nitrogen and oxygen atoms in total. The van der Waals surface area contributed by atoms with E-state index in [1.807, 2.05) is 0 Å². The maximum atomic E-state index is 12.5. The molecule has 88 valence electrons. The molecule has 1 aliphatic carbocycles. The fraction of sp³-hybridized carbons (Fsp3) is 0.889. The van der Waals surface area contributed by atoms with Gasteiger partial charge in [-0.3, -0.25) is 4.99 Å². The Morgan fingerprint density at radius 2 is 2.20 bits per heavy atom. The summed E-state index contributed by atoms with van der Waals surface area (Å²) in [5.41, 5.74) is 0. The van der Waals surface area contributed by atoms with Crippen LogP contribution >= 0.6 is 24.0 Å². The molecule has 0 atom stereocenters. The van der Waals surface area contributed by atoms with Crippen molar-refractivity contribution in [3.63, 3.8) is 0 Å². The number of guanidine groups is 1. The molecule has 1 saturated carbocycles. The average molecular weight is 331 g/mol. The highest BCUT2D eigenvalue weighted by Gasteiger charge is 2.44. The van der Waals surface area contributed by atoms with Gasteiger partial charge >= 0.3 is 0 Å². The van der Waals surface area contributed by atoms with E-state index in [0.29, 0.717) is 6.54 Å². The van der Waals surface area contributed by atoms with Gasteiger partial charge in [-0.2, -0.15) is 0 Å². The smallest absolute Gasteiger partial charge is 0.248 e. The lowest BCUT2D eigenvalue weighted by atomic mass is 9.81. The van der Waals surface area contributed by atoms with Gasteiger partial charge in [-0.15, -0.1) is 24.0 Å². The molecule has 0 aromatic carbocycles. The number of alkyl halides is 2. The predicted molar refractivity (Wildman–Crippen MR) is 66.0 cm³/mol. The number of nitrogens with one attached hydrogen (secondary N) is 2. The third kappa shape index (κ3) is 3.73. The van der Waals surface area contributed by atoms with E-state index in [1.165, 1.54) is 0 Å². The van der Waals surface area contributed by atoms with Crippen LogP contribution in [0.3, 0.4) is 0 Å².